The molecular formula is C17H22FN3O2. The molecule has 3 amide bonds. The van der Waals surface area contributed by atoms with Crippen molar-refractivity contribution in [2.24, 2.45) is 0 Å². The molecule has 2 aliphatic rings. The first-order valence-electron chi connectivity index (χ1n) is 8.17. The zero-order valence-electron chi connectivity index (χ0n) is 13.3. The maximum atomic E-state index is 13.0. The van der Waals surface area contributed by atoms with Crippen molar-refractivity contribution in [3.05, 3.63) is 30.1 Å². The van der Waals surface area contributed by atoms with E-state index in [1.165, 1.54) is 12.1 Å². The lowest BCUT2D eigenvalue weighted by molar-refractivity contribution is -0.117. The second-order valence-electron chi connectivity index (χ2n) is 6.37. The van der Waals surface area contributed by atoms with Gasteiger partial charge in [-0.05, 0) is 50.5 Å². The summed E-state index contributed by atoms with van der Waals surface area (Å²) < 4.78 is 13.0. The number of carbonyl (C=O) groups excluding carboxylic acids is 2. The van der Waals surface area contributed by atoms with Crippen LogP contribution >= 0.6 is 0 Å². The number of benzene rings is 1. The number of anilines is 1. The van der Waals surface area contributed by atoms with Gasteiger partial charge in [0.15, 0.2) is 0 Å². The Bertz CT molecular complexity index is 590. The molecule has 124 valence electrons. The van der Waals surface area contributed by atoms with Crippen LogP contribution in [0.3, 0.4) is 0 Å². The van der Waals surface area contributed by atoms with Crippen LogP contribution in [0.2, 0.25) is 0 Å². The molecule has 1 aromatic rings. The standard InChI is InChI=1S/C17H22FN3O2/c1-12-4-2-3-9-20(12)17(23)19-14-10-16(22)21(11-14)15-7-5-13(18)6-8-15/h5-8,12,14H,2-4,9-11H2,1H3,(H,19,23)/t12-,14-/m0/s1. The van der Waals surface area contributed by atoms with Gasteiger partial charge in [-0.3, -0.25) is 4.79 Å². The molecule has 0 saturated carbocycles. The SMILES string of the molecule is C[C@H]1CCCCN1C(=O)N[C@H]1CC(=O)N(c2ccc(F)cc2)C1. The van der Waals surface area contributed by atoms with Gasteiger partial charge in [0.25, 0.3) is 0 Å². The van der Waals surface area contributed by atoms with E-state index < -0.39 is 0 Å². The van der Waals surface area contributed by atoms with E-state index in [9.17, 15) is 14.0 Å². The average Bonchev–Trinajstić information content (AvgIpc) is 2.89. The molecule has 0 aliphatic carbocycles. The first-order valence-corrected chi connectivity index (χ1v) is 8.17. The normalized spacial score (nSPS) is 24.9. The van der Waals surface area contributed by atoms with Gasteiger partial charge in [-0.25, -0.2) is 9.18 Å². The number of nitrogens with one attached hydrogen (secondary N) is 1. The van der Waals surface area contributed by atoms with Crippen LogP contribution in [0.5, 0.6) is 0 Å². The summed E-state index contributed by atoms with van der Waals surface area (Å²) >= 11 is 0. The number of urea groups is 1. The highest BCUT2D eigenvalue weighted by atomic mass is 19.1. The zero-order valence-corrected chi connectivity index (χ0v) is 13.3. The van der Waals surface area contributed by atoms with Crippen molar-refractivity contribution in [1.29, 1.82) is 0 Å². The monoisotopic (exact) mass is 319 g/mol. The maximum absolute atomic E-state index is 13.0. The largest absolute Gasteiger partial charge is 0.333 e. The molecule has 1 N–H and O–H groups in total. The van der Waals surface area contributed by atoms with E-state index in [0.717, 1.165) is 25.8 Å². The van der Waals surface area contributed by atoms with Crippen molar-refractivity contribution in [2.75, 3.05) is 18.0 Å². The van der Waals surface area contributed by atoms with E-state index in [-0.39, 0.29) is 36.3 Å². The third-order valence-electron chi connectivity index (χ3n) is 4.65. The Balaban J connectivity index is 1.61. The Morgan fingerprint density at radius 2 is 2.00 bits per heavy atom. The second-order valence-corrected chi connectivity index (χ2v) is 6.37. The average molecular weight is 319 g/mol. The number of hydrogen-bond acceptors (Lipinski definition) is 2. The van der Waals surface area contributed by atoms with E-state index in [0.29, 0.717) is 12.2 Å². The lowest BCUT2D eigenvalue weighted by Gasteiger charge is -2.34. The molecule has 6 heteroatoms. The third kappa shape index (κ3) is 3.46. The summed E-state index contributed by atoms with van der Waals surface area (Å²) in [5.74, 6) is -0.377. The smallest absolute Gasteiger partial charge is 0.317 e. The molecule has 3 rings (SSSR count). The van der Waals surface area contributed by atoms with Crippen LogP contribution in [0.25, 0.3) is 0 Å². The molecule has 0 spiro atoms. The van der Waals surface area contributed by atoms with E-state index in [4.69, 9.17) is 0 Å². The summed E-state index contributed by atoms with van der Waals surface area (Å²) in [6.45, 7) is 3.26. The Kier molecular flexibility index (Phi) is 4.50. The number of amides is 3. The number of carbonyl (C=O) groups is 2. The molecule has 2 fully saturated rings. The van der Waals surface area contributed by atoms with Crippen LogP contribution in [-0.4, -0.2) is 42.0 Å². The van der Waals surface area contributed by atoms with Crippen molar-refractivity contribution in [1.82, 2.24) is 10.2 Å². The lowest BCUT2D eigenvalue weighted by Crippen LogP contribution is -2.50. The number of hydrogen-bond donors (Lipinski definition) is 1. The fourth-order valence-corrected chi connectivity index (χ4v) is 3.33. The van der Waals surface area contributed by atoms with Crippen molar-refractivity contribution in [2.45, 2.75) is 44.7 Å². The second kappa shape index (κ2) is 6.56. The fourth-order valence-electron chi connectivity index (χ4n) is 3.33. The Labute approximate surface area is 135 Å². The molecule has 5 nitrogen and oxygen atoms in total. The van der Waals surface area contributed by atoms with Crippen molar-refractivity contribution < 1.29 is 14.0 Å². The first-order chi connectivity index (χ1) is 11.0. The van der Waals surface area contributed by atoms with Gasteiger partial charge >= 0.3 is 6.03 Å². The number of nitrogens with zero attached hydrogens (tertiary/aromatic N) is 2. The molecule has 2 heterocycles. The van der Waals surface area contributed by atoms with Crippen molar-refractivity contribution in [3.8, 4) is 0 Å². The molecule has 0 radical (unpaired) electrons. The minimum Gasteiger partial charge on any atom is -0.333 e. The van der Waals surface area contributed by atoms with Gasteiger partial charge in [0.1, 0.15) is 5.82 Å². The van der Waals surface area contributed by atoms with E-state index in [1.54, 1.807) is 17.0 Å². The van der Waals surface area contributed by atoms with Crippen molar-refractivity contribution in [3.63, 3.8) is 0 Å². The summed E-state index contributed by atoms with van der Waals surface area (Å²) in [6, 6.07) is 5.81. The quantitative estimate of drug-likeness (QED) is 0.910. The molecule has 2 aliphatic heterocycles. The van der Waals surface area contributed by atoms with Crippen LogP contribution in [0, 0.1) is 5.82 Å². The summed E-state index contributed by atoms with van der Waals surface area (Å²) in [7, 11) is 0. The van der Waals surface area contributed by atoms with Crippen molar-refractivity contribution >= 4 is 17.6 Å². The van der Waals surface area contributed by atoms with E-state index >= 15 is 0 Å². The minimum absolute atomic E-state index is 0.0476. The molecular weight excluding hydrogens is 297 g/mol. The number of rotatable bonds is 2. The third-order valence-corrected chi connectivity index (χ3v) is 4.65. The van der Waals surface area contributed by atoms with E-state index in [2.05, 4.69) is 12.2 Å². The van der Waals surface area contributed by atoms with E-state index in [1.807, 2.05) is 4.90 Å². The Morgan fingerprint density at radius 3 is 2.70 bits per heavy atom. The predicted molar refractivity (Wildman–Crippen MR) is 85.7 cm³/mol. The fraction of sp³-hybridized carbons (Fsp3) is 0.529. The molecule has 23 heavy (non-hydrogen) atoms. The topological polar surface area (TPSA) is 52.7 Å². The maximum Gasteiger partial charge on any atom is 0.317 e. The number of piperidine rings is 1. The lowest BCUT2D eigenvalue weighted by atomic mass is 10.0. The molecule has 0 unspecified atom stereocenters. The highest BCUT2D eigenvalue weighted by Crippen LogP contribution is 2.22. The highest BCUT2D eigenvalue weighted by molar-refractivity contribution is 5.96. The summed E-state index contributed by atoms with van der Waals surface area (Å²) in [6.07, 6.45) is 3.50. The zero-order chi connectivity index (χ0) is 16.4. The molecule has 2 atom stereocenters. The van der Waals surface area contributed by atoms with Gasteiger partial charge in [0.05, 0.1) is 6.04 Å². The first kappa shape index (κ1) is 15.8. The molecule has 1 aromatic carbocycles. The van der Waals surface area contributed by atoms with Gasteiger partial charge in [0.2, 0.25) is 5.91 Å². The van der Waals surface area contributed by atoms with Crippen LogP contribution in [0.15, 0.2) is 24.3 Å². The van der Waals surface area contributed by atoms with Gasteiger partial charge < -0.3 is 15.1 Å². The van der Waals surface area contributed by atoms with Crippen LogP contribution < -0.4 is 10.2 Å². The number of likely N-dealkylation sites (tertiary alicyclic amines) is 1. The van der Waals surface area contributed by atoms with Crippen LogP contribution in [0.1, 0.15) is 32.6 Å². The molecule has 0 aromatic heterocycles. The summed E-state index contributed by atoms with van der Waals surface area (Å²) in [5, 5.41) is 2.97. The Hall–Kier alpha value is -2.11. The summed E-state index contributed by atoms with van der Waals surface area (Å²) in [5.41, 5.74) is 0.666. The molecule has 0 bridgehead atoms. The van der Waals surface area contributed by atoms with Crippen LogP contribution in [-0.2, 0) is 4.79 Å². The number of halogens is 1. The predicted octanol–water partition coefficient (Wildman–Crippen LogP) is 2.52. The van der Waals surface area contributed by atoms with Gasteiger partial charge in [-0.1, -0.05) is 0 Å². The van der Waals surface area contributed by atoms with Gasteiger partial charge in [0, 0.05) is 31.2 Å². The van der Waals surface area contributed by atoms with Gasteiger partial charge in [-0.2, -0.15) is 0 Å². The van der Waals surface area contributed by atoms with Crippen LogP contribution in [0.4, 0.5) is 14.9 Å². The molecule has 2 saturated heterocycles. The highest BCUT2D eigenvalue weighted by Gasteiger charge is 2.33. The summed E-state index contributed by atoms with van der Waals surface area (Å²) in [4.78, 5) is 28.0. The minimum atomic E-state index is -0.329. The van der Waals surface area contributed by atoms with Gasteiger partial charge in [-0.15, -0.1) is 0 Å². The Morgan fingerprint density at radius 1 is 1.26 bits per heavy atom.